The molecular formula is C19H24N2O3. The summed E-state index contributed by atoms with van der Waals surface area (Å²) in [5.41, 5.74) is 5.62. The number of benzene rings is 1. The number of rotatable bonds is 7. The fourth-order valence-electron chi connectivity index (χ4n) is 2.72. The Hall–Kier alpha value is -2.40. The first-order valence-electron chi connectivity index (χ1n) is 8.01. The molecule has 0 aliphatic carbocycles. The highest BCUT2D eigenvalue weighted by Gasteiger charge is 2.06. The molecule has 2 N–H and O–H groups in total. The third-order valence-electron chi connectivity index (χ3n) is 3.87. The van der Waals surface area contributed by atoms with Gasteiger partial charge in [0.05, 0.1) is 18.5 Å². The van der Waals surface area contributed by atoms with Crippen molar-refractivity contribution < 1.29 is 14.6 Å². The average Bonchev–Trinajstić information content (AvgIpc) is 2.55. The van der Waals surface area contributed by atoms with E-state index in [1.165, 1.54) is 28.5 Å². The zero-order chi connectivity index (χ0) is 17.5. The Morgan fingerprint density at radius 2 is 1.92 bits per heavy atom. The molecule has 0 unspecified atom stereocenters. The Morgan fingerprint density at radius 1 is 1.21 bits per heavy atom. The van der Waals surface area contributed by atoms with Crippen LogP contribution < -0.4 is 10.1 Å². The van der Waals surface area contributed by atoms with Gasteiger partial charge in [0.25, 0.3) is 5.91 Å². The molecule has 1 aromatic heterocycles. The molecule has 1 aromatic carbocycles. The quantitative estimate of drug-likeness (QED) is 0.818. The van der Waals surface area contributed by atoms with E-state index in [0.29, 0.717) is 18.0 Å². The summed E-state index contributed by atoms with van der Waals surface area (Å²) < 4.78 is 5.38. The molecule has 0 spiro atoms. The first-order valence-corrected chi connectivity index (χ1v) is 8.01. The molecule has 1 heterocycles. The van der Waals surface area contributed by atoms with Crippen LogP contribution in [0.3, 0.4) is 0 Å². The highest BCUT2D eigenvalue weighted by molar-refractivity contribution is 5.77. The first kappa shape index (κ1) is 17.9. The number of carbonyl (C=O) groups excluding carboxylic acids is 1. The van der Waals surface area contributed by atoms with Gasteiger partial charge in [-0.25, -0.2) is 0 Å². The number of amides is 1. The predicted octanol–water partition coefficient (Wildman–Crippen LogP) is 2.24. The van der Waals surface area contributed by atoms with Gasteiger partial charge in [-0.05, 0) is 56.0 Å². The molecule has 0 bridgehead atoms. The lowest BCUT2D eigenvalue weighted by Gasteiger charge is -2.12. The van der Waals surface area contributed by atoms with Gasteiger partial charge in [-0.15, -0.1) is 0 Å². The van der Waals surface area contributed by atoms with Crippen LogP contribution in [0.2, 0.25) is 0 Å². The van der Waals surface area contributed by atoms with Crippen molar-refractivity contribution in [3.63, 3.8) is 0 Å². The van der Waals surface area contributed by atoms with E-state index < -0.39 is 0 Å². The van der Waals surface area contributed by atoms with Crippen LogP contribution in [-0.4, -0.2) is 29.1 Å². The second-order valence-corrected chi connectivity index (χ2v) is 5.91. The molecule has 0 radical (unpaired) electrons. The van der Waals surface area contributed by atoms with E-state index in [4.69, 9.17) is 9.84 Å². The van der Waals surface area contributed by atoms with Crippen LogP contribution in [0.15, 0.2) is 30.5 Å². The summed E-state index contributed by atoms with van der Waals surface area (Å²) in [6.07, 6.45) is 2.30. The number of aliphatic hydroxyl groups is 1. The van der Waals surface area contributed by atoms with Crippen molar-refractivity contribution in [2.75, 3.05) is 13.2 Å². The Kier molecular flexibility index (Phi) is 6.32. The van der Waals surface area contributed by atoms with Crippen LogP contribution in [0.5, 0.6) is 5.75 Å². The maximum atomic E-state index is 11.9. The topological polar surface area (TPSA) is 71.5 Å². The number of pyridine rings is 1. The lowest BCUT2D eigenvalue weighted by atomic mass is 9.97. The van der Waals surface area contributed by atoms with Crippen LogP contribution in [0.25, 0.3) is 0 Å². The van der Waals surface area contributed by atoms with Crippen molar-refractivity contribution in [2.45, 2.75) is 33.8 Å². The van der Waals surface area contributed by atoms with Crippen molar-refractivity contribution in [1.82, 2.24) is 10.3 Å². The number of nitrogens with zero attached hydrogens (tertiary/aromatic N) is 1. The monoisotopic (exact) mass is 328 g/mol. The maximum Gasteiger partial charge on any atom is 0.257 e. The minimum Gasteiger partial charge on any atom is -0.482 e. The van der Waals surface area contributed by atoms with Crippen molar-refractivity contribution >= 4 is 5.91 Å². The van der Waals surface area contributed by atoms with Crippen LogP contribution >= 0.6 is 0 Å². The average molecular weight is 328 g/mol. The molecule has 2 rings (SSSR count). The highest BCUT2D eigenvalue weighted by Crippen LogP contribution is 2.16. The fraction of sp³-hybridized carbons (Fsp3) is 0.368. The van der Waals surface area contributed by atoms with E-state index in [0.717, 1.165) is 6.42 Å². The summed E-state index contributed by atoms with van der Waals surface area (Å²) >= 11 is 0. The minimum absolute atomic E-state index is 0.0496. The summed E-state index contributed by atoms with van der Waals surface area (Å²) in [7, 11) is 0. The van der Waals surface area contributed by atoms with E-state index in [9.17, 15) is 4.79 Å². The number of hydrogen-bond acceptors (Lipinski definition) is 4. The Morgan fingerprint density at radius 3 is 2.50 bits per heavy atom. The van der Waals surface area contributed by atoms with Crippen LogP contribution in [-0.2, 0) is 17.8 Å². The largest absolute Gasteiger partial charge is 0.482 e. The predicted molar refractivity (Wildman–Crippen MR) is 93.0 cm³/mol. The molecule has 128 valence electrons. The summed E-state index contributed by atoms with van der Waals surface area (Å²) in [5, 5.41) is 11.8. The molecular weight excluding hydrogens is 304 g/mol. The molecule has 5 heteroatoms. The normalized spacial score (nSPS) is 10.5. The van der Waals surface area contributed by atoms with E-state index >= 15 is 0 Å². The molecule has 0 aliphatic heterocycles. The Labute approximate surface area is 142 Å². The standard InChI is InChI=1S/C19H24N2O3/c1-13-8-14(2)18(15(3)9-13)6-7-20-19(23)12-24-17-5-4-16(11-22)21-10-17/h4-5,8-10,22H,6-7,11-12H2,1-3H3,(H,20,23). The minimum atomic E-state index is -0.163. The van der Waals surface area contributed by atoms with E-state index in [1.54, 1.807) is 12.1 Å². The van der Waals surface area contributed by atoms with Crippen LogP contribution in [0.4, 0.5) is 0 Å². The number of hydrogen-bond donors (Lipinski definition) is 2. The molecule has 0 atom stereocenters. The third kappa shape index (κ3) is 5.06. The molecule has 24 heavy (non-hydrogen) atoms. The number of ether oxygens (including phenoxy) is 1. The first-order chi connectivity index (χ1) is 11.5. The van der Waals surface area contributed by atoms with Gasteiger partial charge in [-0.1, -0.05) is 17.7 Å². The van der Waals surface area contributed by atoms with Gasteiger partial charge in [0.15, 0.2) is 6.61 Å². The summed E-state index contributed by atoms with van der Waals surface area (Å²) in [4.78, 5) is 15.9. The van der Waals surface area contributed by atoms with Gasteiger partial charge >= 0.3 is 0 Å². The molecule has 0 aliphatic rings. The second-order valence-electron chi connectivity index (χ2n) is 5.91. The molecule has 1 amide bonds. The van der Waals surface area contributed by atoms with Crippen LogP contribution in [0.1, 0.15) is 27.9 Å². The van der Waals surface area contributed by atoms with Crippen molar-refractivity contribution in [2.24, 2.45) is 0 Å². The van der Waals surface area contributed by atoms with Gasteiger partial charge in [0.2, 0.25) is 0 Å². The lowest BCUT2D eigenvalue weighted by molar-refractivity contribution is -0.123. The smallest absolute Gasteiger partial charge is 0.257 e. The van der Waals surface area contributed by atoms with Crippen molar-refractivity contribution in [3.8, 4) is 5.75 Å². The zero-order valence-corrected chi connectivity index (χ0v) is 14.4. The summed E-state index contributed by atoms with van der Waals surface area (Å²) in [5.74, 6) is 0.344. The van der Waals surface area contributed by atoms with Gasteiger partial charge in [0, 0.05) is 6.54 Å². The SMILES string of the molecule is Cc1cc(C)c(CCNC(=O)COc2ccc(CO)nc2)c(C)c1. The Bertz CT molecular complexity index is 673. The van der Waals surface area contributed by atoms with Crippen LogP contribution in [0, 0.1) is 20.8 Å². The number of nitrogens with one attached hydrogen (secondary N) is 1. The Balaban J connectivity index is 1.77. The number of aromatic nitrogens is 1. The second kappa shape index (κ2) is 8.45. The molecule has 0 saturated carbocycles. The van der Waals surface area contributed by atoms with Crippen molar-refractivity contribution in [1.29, 1.82) is 0 Å². The van der Waals surface area contributed by atoms with Gasteiger partial charge in [-0.3, -0.25) is 9.78 Å². The number of aliphatic hydroxyl groups excluding tert-OH is 1. The van der Waals surface area contributed by atoms with Gasteiger partial charge in [0.1, 0.15) is 5.75 Å². The van der Waals surface area contributed by atoms with E-state index in [2.05, 4.69) is 43.2 Å². The summed E-state index contributed by atoms with van der Waals surface area (Å²) in [6, 6.07) is 7.67. The van der Waals surface area contributed by atoms with E-state index in [-0.39, 0.29) is 19.1 Å². The van der Waals surface area contributed by atoms with Gasteiger partial charge < -0.3 is 15.2 Å². The molecule has 0 fully saturated rings. The highest BCUT2D eigenvalue weighted by atomic mass is 16.5. The maximum absolute atomic E-state index is 11.9. The molecule has 5 nitrogen and oxygen atoms in total. The zero-order valence-electron chi connectivity index (χ0n) is 14.4. The number of carbonyl (C=O) groups is 1. The van der Waals surface area contributed by atoms with Gasteiger partial charge in [-0.2, -0.15) is 0 Å². The third-order valence-corrected chi connectivity index (χ3v) is 3.87. The number of aryl methyl sites for hydroxylation is 3. The summed E-state index contributed by atoms with van der Waals surface area (Å²) in [6.45, 7) is 6.71. The lowest BCUT2D eigenvalue weighted by Crippen LogP contribution is -2.30. The molecule has 2 aromatic rings. The van der Waals surface area contributed by atoms with Crippen molar-refractivity contribution in [3.05, 3.63) is 58.4 Å². The molecule has 0 saturated heterocycles. The fourth-order valence-corrected chi connectivity index (χ4v) is 2.72. The van der Waals surface area contributed by atoms with E-state index in [1.807, 2.05) is 0 Å².